The third-order valence-electron chi connectivity index (χ3n) is 6.17. The molecule has 2 fully saturated rings. The summed E-state index contributed by atoms with van der Waals surface area (Å²) in [6.07, 6.45) is 3.73. The number of rotatable bonds is 4. The third-order valence-corrected chi connectivity index (χ3v) is 6.84. The maximum Gasteiger partial charge on any atom is 0.410 e. The lowest BCUT2D eigenvalue weighted by Crippen LogP contribution is -2.45. The van der Waals surface area contributed by atoms with Crippen LogP contribution >= 0.6 is 11.8 Å². The molecular weight excluding hydrogens is 412 g/mol. The Morgan fingerprint density at radius 3 is 2.42 bits per heavy atom. The molecule has 2 aromatic heterocycles. The number of imidazole rings is 1. The van der Waals surface area contributed by atoms with E-state index in [0.717, 1.165) is 21.9 Å². The van der Waals surface area contributed by atoms with Gasteiger partial charge in [0, 0.05) is 25.2 Å². The molecule has 0 aromatic carbocycles. The Morgan fingerprint density at radius 1 is 1.19 bits per heavy atom. The lowest BCUT2D eigenvalue weighted by Gasteiger charge is -2.27. The number of thioether (sulfide) groups is 1. The van der Waals surface area contributed by atoms with Gasteiger partial charge in [-0.2, -0.15) is 0 Å². The molecule has 3 atom stereocenters. The van der Waals surface area contributed by atoms with Crippen LogP contribution in [0, 0.1) is 24.7 Å². The van der Waals surface area contributed by atoms with Gasteiger partial charge in [-0.15, -0.1) is 11.8 Å². The molecule has 1 saturated carbocycles. The van der Waals surface area contributed by atoms with Crippen LogP contribution in [-0.2, 0) is 15.1 Å². The van der Waals surface area contributed by atoms with Crippen molar-refractivity contribution >= 4 is 29.3 Å². The van der Waals surface area contributed by atoms with E-state index in [4.69, 9.17) is 9.72 Å². The van der Waals surface area contributed by atoms with Crippen molar-refractivity contribution in [3.8, 4) is 0 Å². The Labute approximate surface area is 187 Å². The Bertz CT molecular complexity index is 1030. The predicted molar refractivity (Wildman–Crippen MR) is 121 cm³/mol. The van der Waals surface area contributed by atoms with E-state index in [1.807, 2.05) is 53.1 Å². The summed E-state index contributed by atoms with van der Waals surface area (Å²) in [5, 5.41) is 4.19. The van der Waals surface area contributed by atoms with E-state index in [-0.39, 0.29) is 29.8 Å². The number of likely N-dealkylation sites (tertiary alicyclic amines) is 1. The van der Waals surface area contributed by atoms with Crippen molar-refractivity contribution in [2.75, 3.05) is 19.3 Å². The van der Waals surface area contributed by atoms with E-state index in [1.165, 1.54) is 0 Å². The fourth-order valence-corrected chi connectivity index (χ4v) is 5.32. The molecule has 31 heavy (non-hydrogen) atoms. The first kappa shape index (κ1) is 22.0. The minimum atomic E-state index is -0.622. The van der Waals surface area contributed by atoms with Crippen LogP contribution in [0.2, 0.25) is 0 Å². The number of fused-ring (bicyclic) bond motifs is 2. The summed E-state index contributed by atoms with van der Waals surface area (Å²) >= 11 is 1.61. The molecule has 1 saturated heterocycles. The molecule has 2 aromatic rings. The van der Waals surface area contributed by atoms with Crippen LogP contribution in [0.3, 0.4) is 0 Å². The molecule has 168 valence electrons. The quantitative estimate of drug-likeness (QED) is 0.726. The summed E-state index contributed by atoms with van der Waals surface area (Å²) < 4.78 is 7.54. The minimum Gasteiger partial charge on any atom is -0.444 e. The Morgan fingerprint density at radius 2 is 1.84 bits per heavy atom. The van der Waals surface area contributed by atoms with Gasteiger partial charge in [-0.3, -0.25) is 4.79 Å². The fourth-order valence-electron chi connectivity index (χ4n) is 4.69. The Balaban J connectivity index is 1.44. The molecule has 1 aliphatic heterocycles. The average Bonchev–Trinajstić information content (AvgIpc) is 3.01. The van der Waals surface area contributed by atoms with Crippen LogP contribution in [0.25, 0.3) is 5.52 Å². The number of hydrogen-bond acceptors (Lipinski definition) is 5. The lowest BCUT2D eigenvalue weighted by atomic mass is 10.0. The number of hydrogen-bond donors (Lipinski definition) is 1. The number of amides is 2. The van der Waals surface area contributed by atoms with Crippen molar-refractivity contribution < 1.29 is 14.3 Å². The molecule has 1 aliphatic carbocycles. The number of piperidine rings is 1. The van der Waals surface area contributed by atoms with Gasteiger partial charge in [-0.1, -0.05) is 6.07 Å². The molecule has 7 nitrogen and oxygen atoms in total. The van der Waals surface area contributed by atoms with Gasteiger partial charge in [0.15, 0.2) is 0 Å². The summed E-state index contributed by atoms with van der Waals surface area (Å²) in [6, 6.07) is 4.08. The zero-order chi connectivity index (χ0) is 22.7. The lowest BCUT2D eigenvalue weighted by molar-refractivity contribution is -0.125. The van der Waals surface area contributed by atoms with Crippen molar-refractivity contribution in [2.45, 2.75) is 57.7 Å². The van der Waals surface area contributed by atoms with Gasteiger partial charge in [-0.25, -0.2) is 9.78 Å². The maximum absolute atomic E-state index is 13.1. The highest BCUT2D eigenvalue weighted by molar-refractivity contribution is 7.98. The number of nitrogens with zero attached hydrogens (tertiary/aromatic N) is 3. The molecule has 4 rings (SSSR count). The van der Waals surface area contributed by atoms with Crippen LogP contribution in [-0.4, -0.2) is 51.2 Å². The van der Waals surface area contributed by atoms with E-state index in [2.05, 4.69) is 22.7 Å². The van der Waals surface area contributed by atoms with Crippen molar-refractivity contribution in [3.05, 3.63) is 29.7 Å². The summed E-state index contributed by atoms with van der Waals surface area (Å²) in [5.41, 5.74) is 1.12. The number of carbonyl (C=O) groups is 2. The van der Waals surface area contributed by atoms with E-state index in [0.29, 0.717) is 13.1 Å². The monoisotopic (exact) mass is 444 g/mol. The normalized spacial score (nSPS) is 23.1. The molecule has 1 unspecified atom stereocenters. The number of ether oxygens (including phenoxy) is 1. The molecular formula is C23H32N4O3S. The zero-order valence-electron chi connectivity index (χ0n) is 19.4. The largest absolute Gasteiger partial charge is 0.444 e. The zero-order valence-corrected chi connectivity index (χ0v) is 20.2. The highest BCUT2D eigenvalue weighted by Gasteiger charge is 2.61. The van der Waals surface area contributed by atoms with Crippen LogP contribution in [0.5, 0.6) is 0 Å². The van der Waals surface area contributed by atoms with Gasteiger partial charge >= 0.3 is 6.09 Å². The smallest absolute Gasteiger partial charge is 0.410 e. The highest BCUT2D eigenvalue weighted by Crippen LogP contribution is 2.52. The molecule has 0 bridgehead atoms. The molecule has 2 aliphatic rings. The van der Waals surface area contributed by atoms with Crippen LogP contribution in [0.4, 0.5) is 4.79 Å². The van der Waals surface area contributed by atoms with E-state index >= 15 is 0 Å². The molecule has 2 amide bonds. The molecule has 8 heteroatoms. The first-order valence-electron chi connectivity index (χ1n) is 10.7. The first-order valence-corrected chi connectivity index (χ1v) is 12.0. The van der Waals surface area contributed by atoms with Crippen LogP contribution in [0.1, 0.15) is 46.0 Å². The summed E-state index contributed by atoms with van der Waals surface area (Å²) in [5.74, 6) is 1.24. The molecule has 3 heterocycles. The molecule has 0 radical (unpaired) electrons. The average molecular weight is 445 g/mol. The summed E-state index contributed by atoms with van der Waals surface area (Å²) in [7, 11) is 0. The number of aromatic nitrogens is 2. The fraction of sp³-hybridized carbons (Fsp3) is 0.609. The number of nitrogens with one attached hydrogen (secondary N) is 1. The minimum absolute atomic E-state index is 0.0407. The van der Waals surface area contributed by atoms with Gasteiger partial charge in [0.1, 0.15) is 16.5 Å². The second-order valence-corrected chi connectivity index (χ2v) is 11.0. The van der Waals surface area contributed by atoms with Gasteiger partial charge in [-0.05, 0) is 71.3 Å². The topological polar surface area (TPSA) is 75.9 Å². The van der Waals surface area contributed by atoms with E-state index < -0.39 is 11.1 Å². The molecule has 1 N–H and O–H groups in total. The standard InChI is InChI=1S/C23H32N4O3S/c1-13-9-8-10-27-17(13)19(31-7)24-20(27)23(5,6)25-18(28)16-14-11-26(12-15(14)16)21(29)30-22(2,3)4/h8-10,14-16H,11-12H2,1-7H3,(H,25,28)/t14-,15+,16?. The van der Waals surface area contributed by atoms with E-state index in [1.54, 1.807) is 16.7 Å². The number of carbonyl (C=O) groups excluding carboxylic acids is 2. The third kappa shape index (κ3) is 4.02. The van der Waals surface area contributed by atoms with Gasteiger partial charge < -0.3 is 19.4 Å². The van der Waals surface area contributed by atoms with Gasteiger partial charge in [0.05, 0.1) is 11.1 Å². The highest BCUT2D eigenvalue weighted by atomic mass is 32.2. The van der Waals surface area contributed by atoms with Crippen molar-refractivity contribution in [1.29, 1.82) is 0 Å². The second kappa shape index (κ2) is 7.43. The van der Waals surface area contributed by atoms with Crippen molar-refractivity contribution in [1.82, 2.24) is 19.6 Å². The number of pyridine rings is 1. The SMILES string of the molecule is CSc1nc(C(C)(C)NC(=O)C2[C@H]3CN(C(=O)OC(C)(C)C)C[C@@H]23)n2cccc(C)c12. The second-order valence-electron chi connectivity index (χ2n) is 10.2. The summed E-state index contributed by atoms with van der Waals surface area (Å²) in [6.45, 7) is 12.8. The maximum atomic E-state index is 13.1. The Kier molecular flexibility index (Phi) is 5.27. The summed E-state index contributed by atoms with van der Waals surface area (Å²) in [4.78, 5) is 32.0. The van der Waals surface area contributed by atoms with Crippen LogP contribution in [0.15, 0.2) is 23.4 Å². The van der Waals surface area contributed by atoms with Crippen molar-refractivity contribution in [3.63, 3.8) is 0 Å². The Hall–Kier alpha value is -2.22. The van der Waals surface area contributed by atoms with Crippen molar-refractivity contribution in [2.24, 2.45) is 17.8 Å². The number of aryl methyl sites for hydroxylation is 1. The van der Waals surface area contributed by atoms with Gasteiger partial charge in [0.25, 0.3) is 0 Å². The first-order chi connectivity index (χ1) is 14.4. The predicted octanol–water partition coefficient (Wildman–Crippen LogP) is 3.83. The van der Waals surface area contributed by atoms with Gasteiger partial charge in [0.2, 0.25) is 5.91 Å². The molecule has 0 spiro atoms. The van der Waals surface area contributed by atoms with Crippen LogP contribution < -0.4 is 5.32 Å². The van der Waals surface area contributed by atoms with E-state index in [9.17, 15) is 9.59 Å².